The molecule has 122 valence electrons. The zero-order valence-electron chi connectivity index (χ0n) is 13.5. The second-order valence-electron chi connectivity index (χ2n) is 6.66. The molecule has 0 bridgehead atoms. The lowest BCUT2D eigenvalue weighted by Crippen LogP contribution is -2.22. The number of primary sulfonamides is 1. The van der Waals surface area contributed by atoms with Crippen LogP contribution in [0.2, 0.25) is 0 Å². The van der Waals surface area contributed by atoms with E-state index in [1.807, 2.05) is 0 Å². The van der Waals surface area contributed by atoms with Crippen molar-refractivity contribution in [3.63, 3.8) is 0 Å². The zero-order chi connectivity index (χ0) is 16.3. The highest BCUT2D eigenvalue weighted by atomic mass is 32.2. The molecule has 1 unspecified atom stereocenters. The van der Waals surface area contributed by atoms with E-state index < -0.39 is 10.0 Å². The second-order valence-corrected chi connectivity index (χ2v) is 8.12. The Morgan fingerprint density at radius 2 is 1.95 bits per heavy atom. The van der Waals surface area contributed by atoms with E-state index in [0.717, 1.165) is 6.42 Å². The Morgan fingerprint density at radius 3 is 2.43 bits per heavy atom. The lowest BCUT2D eigenvalue weighted by atomic mass is 9.84. The molecule has 1 aromatic heterocycles. The number of sulfonamides is 1. The van der Waals surface area contributed by atoms with Gasteiger partial charge in [-0.2, -0.15) is 0 Å². The van der Waals surface area contributed by atoms with Crippen LogP contribution in [-0.4, -0.2) is 36.9 Å². The first kappa shape index (κ1) is 18.1. The number of ether oxygens (including phenoxy) is 1. The van der Waals surface area contributed by atoms with Gasteiger partial charge in [-0.1, -0.05) is 27.7 Å². The van der Waals surface area contributed by atoms with Gasteiger partial charge in [0.2, 0.25) is 0 Å². The van der Waals surface area contributed by atoms with E-state index >= 15 is 0 Å². The highest BCUT2D eigenvalue weighted by Gasteiger charge is 2.23. The number of hydrogen-bond donors (Lipinski definition) is 1. The Bertz CT molecular complexity index is 560. The number of rotatable bonds is 7. The SMILES string of the molecule is COCCn1c(CC(C)CC(C)(C)C)nnc1S(N)(=O)=O. The molecule has 2 N–H and O–H groups in total. The first-order valence-electron chi connectivity index (χ1n) is 6.98. The summed E-state index contributed by atoms with van der Waals surface area (Å²) < 4.78 is 29.7. The van der Waals surface area contributed by atoms with Crippen LogP contribution in [0.1, 0.15) is 39.9 Å². The van der Waals surface area contributed by atoms with Crippen molar-refractivity contribution in [2.75, 3.05) is 13.7 Å². The van der Waals surface area contributed by atoms with Crippen LogP contribution in [0.25, 0.3) is 0 Å². The van der Waals surface area contributed by atoms with E-state index in [4.69, 9.17) is 9.88 Å². The van der Waals surface area contributed by atoms with E-state index in [1.165, 1.54) is 4.57 Å². The minimum absolute atomic E-state index is 0.197. The van der Waals surface area contributed by atoms with Gasteiger partial charge in [0.25, 0.3) is 15.2 Å². The Balaban J connectivity index is 2.99. The fourth-order valence-corrected chi connectivity index (χ4v) is 3.18. The van der Waals surface area contributed by atoms with Gasteiger partial charge in [-0.05, 0) is 17.8 Å². The van der Waals surface area contributed by atoms with Crippen LogP contribution < -0.4 is 5.14 Å². The predicted molar refractivity (Wildman–Crippen MR) is 80.2 cm³/mol. The Morgan fingerprint density at radius 1 is 1.33 bits per heavy atom. The molecular weight excluding hydrogens is 292 g/mol. The normalized spacial score (nSPS) is 14.4. The Hall–Kier alpha value is -0.990. The zero-order valence-corrected chi connectivity index (χ0v) is 14.3. The van der Waals surface area contributed by atoms with Crippen LogP contribution in [0.15, 0.2) is 5.16 Å². The monoisotopic (exact) mass is 318 g/mol. The highest BCUT2D eigenvalue weighted by Crippen LogP contribution is 2.26. The number of nitrogens with two attached hydrogens (primary N) is 1. The third-order valence-electron chi connectivity index (χ3n) is 3.06. The molecule has 1 heterocycles. The van der Waals surface area contributed by atoms with Crippen molar-refractivity contribution in [2.45, 2.75) is 52.2 Å². The maximum atomic E-state index is 11.6. The van der Waals surface area contributed by atoms with Crippen molar-refractivity contribution >= 4 is 10.0 Å². The fraction of sp³-hybridized carbons (Fsp3) is 0.846. The van der Waals surface area contributed by atoms with E-state index in [9.17, 15) is 8.42 Å². The van der Waals surface area contributed by atoms with E-state index in [1.54, 1.807) is 7.11 Å². The van der Waals surface area contributed by atoms with Gasteiger partial charge in [0.05, 0.1) is 6.61 Å². The van der Waals surface area contributed by atoms with Gasteiger partial charge in [0, 0.05) is 20.1 Å². The van der Waals surface area contributed by atoms with Crippen molar-refractivity contribution in [1.82, 2.24) is 14.8 Å². The largest absolute Gasteiger partial charge is 0.383 e. The van der Waals surface area contributed by atoms with Crippen molar-refractivity contribution in [1.29, 1.82) is 0 Å². The number of methoxy groups -OCH3 is 1. The van der Waals surface area contributed by atoms with Gasteiger partial charge in [0.1, 0.15) is 5.82 Å². The summed E-state index contributed by atoms with van der Waals surface area (Å²) in [5.41, 5.74) is 0.208. The van der Waals surface area contributed by atoms with E-state index in [-0.39, 0.29) is 10.6 Å². The van der Waals surface area contributed by atoms with Crippen LogP contribution in [-0.2, 0) is 27.7 Å². The van der Waals surface area contributed by atoms with Crippen molar-refractivity contribution in [3.05, 3.63) is 5.82 Å². The molecule has 1 atom stereocenters. The van der Waals surface area contributed by atoms with Crippen LogP contribution in [0.3, 0.4) is 0 Å². The van der Waals surface area contributed by atoms with Crippen molar-refractivity contribution in [2.24, 2.45) is 16.5 Å². The molecule has 0 aliphatic carbocycles. The standard InChI is InChI=1S/C13H26N4O3S/c1-10(9-13(2,3)4)8-11-15-16-12(21(14,18)19)17(11)6-7-20-5/h10H,6-9H2,1-5H3,(H2,14,18,19). The molecule has 8 heteroatoms. The molecule has 0 aliphatic rings. The summed E-state index contributed by atoms with van der Waals surface area (Å²) >= 11 is 0. The number of aromatic nitrogens is 3. The van der Waals surface area contributed by atoms with Gasteiger partial charge in [-0.25, -0.2) is 13.6 Å². The Kier molecular flexibility index (Phi) is 5.89. The van der Waals surface area contributed by atoms with Crippen LogP contribution in [0.5, 0.6) is 0 Å². The van der Waals surface area contributed by atoms with Crippen molar-refractivity contribution in [3.8, 4) is 0 Å². The van der Waals surface area contributed by atoms with Gasteiger partial charge < -0.3 is 4.74 Å². The average molecular weight is 318 g/mol. The van der Waals surface area contributed by atoms with E-state index in [0.29, 0.717) is 31.3 Å². The summed E-state index contributed by atoms with van der Waals surface area (Å²) in [6.45, 7) is 9.39. The minimum Gasteiger partial charge on any atom is -0.383 e. The molecule has 0 amide bonds. The van der Waals surface area contributed by atoms with Crippen LogP contribution >= 0.6 is 0 Å². The molecule has 0 spiro atoms. The summed E-state index contributed by atoms with van der Waals surface area (Å²) in [6.07, 6.45) is 1.67. The smallest absolute Gasteiger partial charge is 0.273 e. The molecule has 0 aliphatic heterocycles. The van der Waals surface area contributed by atoms with Crippen molar-refractivity contribution < 1.29 is 13.2 Å². The lowest BCUT2D eigenvalue weighted by molar-refractivity contribution is 0.182. The maximum Gasteiger partial charge on any atom is 0.273 e. The molecule has 1 rings (SSSR count). The molecule has 0 saturated carbocycles. The summed E-state index contributed by atoms with van der Waals surface area (Å²) in [7, 11) is -2.32. The van der Waals surface area contributed by atoms with Gasteiger partial charge in [-0.15, -0.1) is 10.2 Å². The summed E-state index contributed by atoms with van der Waals surface area (Å²) in [5.74, 6) is 0.997. The number of nitrogens with zero attached hydrogens (tertiary/aromatic N) is 3. The first-order valence-corrected chi connectivity index (χ1v) is 8.53. The minimum atomic E-state index is -3.88. The quantitative estimate of drug-likeness (QED) is 0.814. The van der Waals surface area contributed by atoms with Gasteiger partial charge in [-0.3, -0.25) is 4.57 Å². The molecule has 0 aromatic carbocycles. The molecule has 0 saturated heterocycles. The topological polar surface area (TPSA) is 100 Å². The summed E-state index contributed by atoms with van der Waals surface area (Å²) in [5, 5.41) is 12.7. The Labute approximate surface area is 126 Å². The summed E-state index contributed by atoms with van der Waals surface area (Å²) in [6, 6.07) is 0. The molecule has 21 heavy (non-hydrogen) atoms. The van der Waals surface area contributed by atoms with Crippen LogP contribution in [0.4, 0.5) is 0 Å². The third kappa shape index (κ3) is 5.72. The molecule has 0 fully saturated rings. The third-order valence-corrected chi connectivity index (χ3v) is 3.87. The molecular formula is C13H26N4O3S. The molecule has 0 radical (unpaired) electrons. The fourth-order valence-electron chi connectivity index (χ4n) is 2.52. The lowest BCUT2D eigenvalue weighted by Gasteiger charge is -2.23. The molecule has 1 aromatic rings. The maximum absolute atomic E-state index is 11.6. The van der Waals surface area contributed by atoms with Gasteiger partial charge >= 0.3 is 0 Å². The first-order chi connectivity index (χ1) is 9.54. The second kappa shape index (κ2) is 6.85. The number of hydrogen-bond acceptors (Lipinski definition) is 5. The van der Waals surface area contributed by atoms with Gasteiger partial charge in [0.15, 0.2) is 0 Å². The van der Waals surface area contributed by atoms with E-state index in [2.05, 4.69) is 37.9 Å². The highest BCUT2D eigenvalue weighted by molar-refractivity contribution is 7.89. The summed E-state index contributed by atoms with van der Waals surface area (Å²) in [4.78, 5) is 0. The molecule has 7 nitrogen and oxygen atoms in total. The predicted octanol–water partition coefficient (Wildman–Crippen LogP) is 1.19. The average Bonchev–Trinajstić information content (AvgIpc) is 2.66. The van der Waals surface area contributed by atoms with Crippen LogP contribution in [0, 0.1) is 11.3 Å².